The van der Waals surface area contributed by atoms with Gasteiger partial charge < -0.3 is 10.1 Å². The van der Waals surface area contributed by atoms with Crippen molar-refractivity contribution in [2.24, 2.45) is 0 Å². The van der Waals surface area contributed by atoms with Gasteiger partial charge in [-0.1, -0.05) is 15.9 Å². The van der Waals surface area contributed by atoms with Crippen LogP contribution in [0.2, 0.25) is 0 Å². The molecule has 0 aromatic heterocycles. The van der Waals surface area contributed by atoms with E-state index in [-0.39, 0.29) is 23.7 Å². The van der Waals surface area contributed by atoms with Crippen molar-refractivity contribution in [2.45, 2.75) is 32.1 Å². The maximum atomic E-state index is 11.7. The van der Waals surface area contributed by atoms with E-state index in [1.54, 1.807) is 13.8 Å². The van der Waals surface area contributed by atoms with Crippen LogP contribution in [0.25, 0.3) is 0 Å². The number of nitrogens with one attached hydrogen (secondary N) is 1. The monoisotopic (exact) mass is 363 g/mol. The molecule has 0 spiro atoms. The average molecular weight is 364 g/mol. The Kier molecular flexibility index (Phi) is 6.48. The first-order chi connectivity index (χ1) is 9.27. The van der Waals surface area contributed by atoms with E-state index in [1.165, 1.54) is 0 Å². The van der Waals surface area contributed by atoms with Crippen LogP contribution >= 0.6 is 15.9 Å². The zero-order chi connectivity index (χ0) is 15.3. The highest BCUT2D eigenvalue weighted by Gasteiger charge is 2.17. The van der Waals surface area contributed by atoms with Crippen molar-refractivity contribution >= 4 is 25.8 Å². The minimum absolute atomic E-state index is 0.0358. The van der Waals surface area contributed by atoms with E-state index >= 15 is 0 Å². The van der Waals surface area contributed by atoms with Crippen molar-refractivity contribution < 1.29 is 13.2 Å². The molecule has 1 unspecified atom stereocenters. The standard InChI is InChI=1S/C14H22BrNO3S/c1-10(2)20(17,18)8-7-19-14-6-5-12(15)9-13(14)11(3)16-4/h5-6,9-11,16H,7-8H2,1-4H3. The number of ether oxygens (including phenoxy) is 1. The normalized spacial score (nSPS) is 13.5. The van der Waals surface area contributed by atoms with Crippen molar-refractivity contribution in [3.8, 4) is 5.75 Å². The van der Waals surface area contributed by atoms with Crippen LogP contribution in [0.1, 0.15) is 32.4 Å². The number of hydrogen-bond donors (Lipinski definition) is 1. The van der Waals surface area contributed by atoms with Crippen LogP contribution in [-0.4, -0.2) is 33.1 Å². The molecule has 20 heavy (non-hydrogen) atoms. The second-order valence-electron chi connectivity index (χ2n) is 4.96. The lowest BCUT2D eigenvalue weighted by molar-refractivity contribution is 0.333. The highest BCUT2D eigenvalue weighted by molar-refractivity contribution is 9.10. The molecular weight excluding hydrogens is 342 g/mol. The maximum Gasteiger partial charge on any atom is 0.155 e. The molecule has 1 aromatic carbocycles. The molecule has 0 saturated carbocycles. The van der Waals surface area contributed by atoms with Crippen LogP contribution in [0, 0.1) is 0 Å². The van der Waals surface area contributed by atoms with Gasteiger partial charge in [0.15, 0.2) is 9.84 Å². The van der Waals surface area contributed by atoms with Crippen LogP contribution in [0.5, 0.6) is 5.75 Å². The van der Waals surface area contributed by atoms with Gasteiger partial charge in [-0.05, 0) is 46.0 Å². The summed E-state index contributed by atoms with van der Waals surface area (Å²) < 4.78 is 30.1. The van der Waals surface area contributed by atoms with Crippen molar-refractivity contribution in [3.63, 3.8) is 0 Å². The van der Waals surface area contributed by atoms with Gasteiger partial charge in [-0.2, -0.15) is 0 Å². The largest absolute Gasteiger partial charge is 0.492 e. The molecule has 0 heterocycles. The average Bonchev–Trinajstić information content (AvgIpc) is 2.39. The van der Waals surface area contributed by atoms with Gasteiger partial charge in [0, 0.05) is 16.1 Å². The van der Waals surface area contributed by atoms with Crippen molar-refractivity contribution in [1.82, 2.24) is 5.32 Å². The zero-order valence-corrected chi connectivity index (χ0v) is 14.7. The van der Waals surface area contributed by atoms with E-state index in [1.807, 2.05) is 32.2 Å². The molecule has 4 nitrogen and oxygen atoms in total. The van der Waals surface area contributed by atoms with Crippen molar-refractivity contribution in [3.05, 3.63) is 28.2 Å². The number of hydrogen-bond acceptors (Lipinski definition) is 4. The van der Waals surface area contributed by atoms with Crippen LogP contribution < -0.4 is 10.1 Å². The van der Waals surface area contributed by atoms with E-state index in [4.69, 9.17) is 4.74 Å². The van der Waals surface area contributed by atoms with Gasteiger partial charge in [-0.3, -0.25) is 0 Å². The van der Waals surface area contributed by atoms with E-state index < -0.39 is 9.84 Å². The second kappa shape index (κ2) is 7.43. The SMILES string of the molecule is CNC(C)c1cc(Br)ccc1OCCS(=O)(=O)C(C)C. The van der Waals surface area contributed by atoms with Crippen LogP contribution in [0.15, 0.2) is 22.7 Å². The van der Waals surface area contributed by atoms with Gasteiger partial charge >= 0.3 is 0 Å². The lowest BCUT2D eigenvalue weighted by atomic mass is 10.1. The summed E-state index contributed by atoms with van der Waals surface area (Å²) in [6, 6.07) is 5.85. The highest BCUT2D eigenvalue weighted by Crippen LogP contribution is 2.28. The summed E-state index contributed by atoms with van der Waals surface area (Å²) in [6.07, 6.45) is 0. The molecular formula is C14H22BrNO3S. The topological polar surface area (TPSA) is 55.4 Å². The maximum absolute atomic E-state index is 11.7. The van der Waals surface area contributed by atoms with Gasteiger partial charge in [-0.25, -0.2) is 8.42 Å². The summed E-state index contributed by atoms with van der Waals surface area (Å²) in [5, 5.41) is 2.79. The summed E-state index contributed by atoms with van der Waals surface area (Å²) >= 11 is 3.43. The fraction of sp³-hybridized carbons (Fsp3) is 0.571. The molecule has 0 aliphatic rings. The van der Waals surface area contributed by atoms with E-state index in [9.17, 15) is 8.42 Å². The molecule has 0 aliphatic carbocycles. The predicted molar refractivity (Wildman–Crippen MR) is 86.0 cm³/mol. The summed E-state index contributed by atoms with van der Waals surface area (Å²) in [4.78, 5) is 0. The Balaban J connectivity index is 2.78. The molecule has 0 saturated heterocycles. The Morgan fingerprint density at radius 2 is 1.95 bits per heavy atom. The van der Waals surface area contributed by atoms with Crippen molar-refractivity contribution in [2.75, 3.05) is 19.4 Å². The first kappa shape index (κ1) is 17.5. The fourth-order valence-corrected chi connectivity index (χ4v) is 2.81. The predicted octanol–water partition coefficient (Wildman–Crippen LogP) is 2.93. The lowest BCUT2D eigenvalue weighted by Gasteiger charge is -2.17. The molecule has 0 aliphatic heterocycles. The molecule has 6 heteroatoms. The smallest absolute Gasteiger partial charge is 0.155 e. The van der Waals surface area contributed by atoms with Gasteiger partial charge in [-0.15, -0.1) is 0 Å². The Morgan fingerprint density at radius 1 is 1.30 bits per heavy atom. The Hall–Kier alpha value is -0.590. The first-order valence-corrected chi connectivity index (χ1v) is 9.10. The number of halogens is 1. The third-order valence-electron chi connectivity index (χ3n) is 3.22. The third kappa shape index (κ3) is 4.75. The Bertz CT molecular complexity index is 543. The number of sulfone groups is 1. The van der Waals surface area contributed by atoms with E-state index in [0.29, 0.717) is 5.75 Å². The van der Waals surface area contributed by atoms with Gasteiger partial charge in [0.25, 0.3) is 0 Å². The second-order valence-corrected chi connectivity index (χ2v) is 8.55. The van der Waals surface area contributed by atoms with Gasteiger partial charge in [0.05, 0.1) is 11.0 Å². The number of rotatable bonds is 7. The minimum Gasteiger partial charge on any atom is -0.492 e. The quantitative estimate of drug-likeness (QED) is 0.808. The van der Waals surface area contributed by atoms with Gasteiger partial charge in [0.1, 0.15) is 12.4 Å². The summed E-state index contributed by atoms with van der Waals surface area (Å²) in [5.74, 6) is 0.752. The molecule has 0 amide bonds. The van der Waals surface area contributed by atoms with Crippen LogP contribution in [0.3, 0.4) is 0 Å². The summed E-state index contributed by atoms with van der Waals surface area (Å²) in [5.41, 5.74) is 1.00. The molecule has 1 N–H and O–H groups in total. The highest BCUT2D eigenvalue weighted by atomic mass is 79.9. The van der Waals surface area contributed by atoms with Crippen LogP contribution in [0.4, 0.5) is 0 Å². The van der Waals surface area contributed by atoms with Gasteiger partial charge in [0.2, 0.25) is 0 Å². The molecule has 1 atom stereocenters. The van der Waals surface area contributed by atoms with Crippen molar-refractivity contribution in [1.29, 1.82) is 0 Å². The third-order valence-corrected chi connectivity index (χ3v) is 5.88. The fourth-order valence-electron chi connectivity index (χ4n) is 1.65. The molecule has 0 fully saturated rings. The zero-order valence-electron chi connectivity index (χ0n) is 12.3. The van der Waals surface area contributed by atoms with Crippen LogP contribution in [-0.2, 0) is 9.84 Å². The van der Waals surface area contributed by atoms with E-state index in [0.717, 1.165) is 10.0 Å². The first-order valence-electron chi connectivity index (χ1n) is 6.59. The lowest BCUT2D eigenvalue weighted by Crippen LogP contribution is -2.22. The molecule has 114 valence electrons. The molecule has 1 aromatic rings. The number of benzene rings is 1. The van der Waals surface area contributed by atoms with E-state index in [2.05, 4.69) is 21.2 Å². The molecule has 1 rings (SSSR count). The Morgan fingerprint density at radius 3 is 2.50 bits per heavy atom. The molecule has 0 radical (unpaired) electrons. The molecule has 0 bridgehead atoms. The Labute approximate surface area is 130 Å². The summed E-state index contributed by atoms with van der Waals surface area (Å²) in [6.45, 7) is 5.57. The summed E-state index contributed by atoms with van der Waals surface area (Å²) in [7, 11) is -1.19. The minimum atomic E-state index is -3.07.